The number of halogens is 1. The number of primary amides is 1. The normalized spacial score (nSPS) is 10.5. The number of amides is 1. The maximum Gasteiger partial charge on any atom is 0.248 e. The summed E-state index contributed by atoms with van der Waals surface area (Å²) in [6.07, 6.45) is 0. The van der Waals surface area contributed by atoms with Crippen LogP contribution >= 0.6 is 15.9 Å². The van der Waals surface area contributed by atoms with E-state index in [0.717, 1.165) is 28.8 Å². The Bertz CT molecular complexity index is 872. The van der Waals surface area contributed by atoms with Crippen molar-refractivity contribution in [3.63, 3.8) is 0 Å². The van der Waals surface area contributed by atoms with Gasteiger partial charge in [0.05, 0.1) is 0 Å². The quantitative estimate of drug-likeness (QED) is 0.619. The van der Waals surface area contributed by atoms with Gasteiger partial charge < -0.3 is 10.6 Å². The third-order valence-electron chi connectivity index (χ3n) is 4.30. The van der Waals surface area contributed by atoms with E-state index in [9.17, 15) is 4.79 Å². The molecule has 3 nitrogen and oxygen atoms in total. The van der Waals surface area contributed by atoms with Crippen molar-refractivity contribution in [2.75, 3.05) is 4.90 Å². The molecular weight excluding hydrogens is 388 g/mol. The molecule has 0 fully saturated rings. The van der Waals surface area contributed by atoms with Gasteiger partial charge in [0.15, 0.2) is 0 Å². The fourth-order valence-electron chi connectivity index (χ4n) is 2.80. The fraction of sp³-hybridized carbons (Fsp3) is 0.136. The number of hydrogen-bond donors (Lipinski definition) is 1. The van der Waals surface area contributed by atoms with Gasteiger partial charge in [0.1, 0.15) is 0 Å². The number of nitrogens with two attached hydrogens (primary N) is 1. The number of anilines is 1. The first-order valence-electron chi connectivity index (χ1n) is 8.46. The highest BCUT2D eigenvalue weighted by molar-refractivity contribution is 9.10. The topological polar surface area (TPSA) is 46.3 Å². The molecule has 0 saturated heterocycles. The molecule has 0 heterocycles. The molecule has 0 atom stereocenters. The summed E-state index contributed by atoms with van der Waals surface area (Å²) < 4.78 is 1.06. The van der Waals surface area contributed by atoms with Gasteiger partial charge in [-0.1, -0.05) is 57.9 Å². The lowest BCUT2D eigenvalue weighted by molar-refractivity contribution is 0.100. The van der Waals surface area contributed by atoms with E-state index >= 15 is 0 Å². The highest BCUT2D eigenvalue weighted by Crippen LogP contribution is 2.23. The number of hydrogen-bond acceptors (Lipinski definition) is 2. The molecule has 1 amide bonds. The van der Waals surface area contributed by atoms with E-state index in [2.05, 4.69) is 64.2 Å². The van der Waals surface area contributed by atoms with E-state index in [1.165, 1.54) is 11.1 Å². The predicted molar refractivity (Wildman–Crippen MR) is 110 cm³/mol. The van der Waals surface area contributed by atoms with Crippen molar-refractivity contribution in [2.24, 2.45) is 5.73 Å². The smallest absolute Gasteiger partial charge is 0.248 e. The largest absolute Gasteiger partial charge is 0.366 e. The summed E-state index contributed by atoms with van der Waals surface area (Å²) in [5, 5.41) is 0. The molecular formula is C22H21BrN2O. The predicted octanol–water partition coefficient (Wildman–Crippen LogP) is 5.06. The molecule has 0 bridgehead atoms. The van der Waals surface area contributed by atoms with Gasteiger partial charge >= 0.3 is 0 Å². The molecule has 0 aliphatic rings. The second kappa shape index (κ2) is 8.19. The number of aryl methyl sites for hydroxylation is 1. The summed E-state index contributed by atoms with van der Waals surface area (Å²) in [6.45, 7) is 3.64. The molecule has 2 N–H and O–H groups in total. The van der Waals surface area contributed by atoms with Crippen LogP contribution in [0, 0.1) is 6.92 Å². The number of carbonyl (C=O) groups is 1. The van der Waals surface area contributed by atoms with E-state index in [1.807, 2.05) is 24.3 Å². The number of rotatable bonds is 6. The summed E-state index contributed by atoms with van der Waals surface area (Å²) >= 11 is 3.50. The Balaban J connectivity index is 1.85. The molecule has 0 aromatic heterocycles. The molecule has 4 heteroatoms. The summed E-state index contributed by atoms with van der Waals surface area (Å²) in [6, 6.07) is 24.4. The zero-order chi connectivity index (χ0) is 18.5. The minimum Gasteiger partial charge on any atom is -0.366 e. The molecule has 26 heavy (non-hydrogen) atoms. The van der Waals surface area contributed by atoms with E-state index in [0.29, 0.717) is 5.56 Å². The summed E-state index contributed by atoms with van der Waals surface area (Å²) in [7, 11) is 0. The van der Waals surface area contributed by atoms with Crippen molar-refractivity contribution < 1.29 is 4.79 Å². The van der Waals surface area contributed by atoms with Crippen molar-refractivity contribution in [1.29, 1.82) is 0 Å². The Morgan fingerprint density at radius 3 is 1.85 bits per heavy atom. The SMILES string of the molecule is Cc1ccc(CN(Cc2ccc(C(N)=O)cc2)c2ccc(Br)cc2)cc1. The van der Waals surface area contributed by atoms with Crippen LogP contribution in [-0.4, -0.2) is 5.91 Å². The van der Waals surface area contributed by atoms with Crippen molar-refractivity contribution >= 4 is 27.5 Å². The molecule has 0 radical (unpaired) electrons. The van der Waals surface area contributed by atoms with E-state index < -0.39 is 5.91 Å². The molecule has 0 saturated carbocycles. The van der Waals surface area contributed by atoms with Crippen LogP contribution in [0.5, 0.6) is 0 Å². The Morgan fingerprint density at radius 2 is 1.35 bits per heavy atom. The van der Waals surface area contributed by atoms with Gasteiger partial charge in [-0.2, -0.15) is 0 Å². The lowest BCUT2D eigenvalue weighted by Crippen LogP contribution is -2.22. The highest BCUT2D eigenvalue weighted by atomic mass is 79.9. The fourth-order valence-corrected chi connectivity index (χ4v) is 3.06. The number of nitrogens with zero attached hydrogens (tertiary/aromatic N) is 1. The first-order chi connectivity index (χ1) is 12.5. The van der Waals surface area contributed by atoms with Gasteiger partial charge in [0.2, 0.25) is 5.91 Å². The Kier molecular flexibility index (Phi) is 5.74. The van der Waals surface area contributed by atoms with E-state index in [4.69, 9.17) is 5.73 Å². The lowest BCUT2D eigenvalue weighted by Gasteiger charge is -2.25. The van der Waals surface area contributed by atoms with E-state index in [-0.39, 0.29) is 0 Å². The van der Waals surface area contributed by atoms with Gasteiger partial charge in [-0.05, 0) is 54.4 Å². The Morgan fingerprint density at radius 1 is 0.846 bits per heavy atom. The molecule has 0 unspecified atom stereocenters. The van der Waals surface area contributed by atoms with Crippen LogP contribution in [0.1, 0.15) is 27.0 Å². The Hall–Kier alpha value is -2.59. The maximum atomic E-state index is 11.3. The van der Waals surface area contributed by atoms with Crippen LogP contribution in [-0.2, 0) is 13.1 Å². The van der Waals surface area contributed by atoms with Crippen LogP contribution in [0.4, 0.5) is 5.69 Å². The molecule has 0 aliphatic heterocycles. The lowest BCUT2D eigenvalue weighted by atomic mass is 10.1. The molecule has 132 valence electrons. The van der Waals surface area contributed by atoms with Gasteiger partial charge in [0.25, 0.3) is 0 Å². The average Bonchev–Trinajstić information content (AvgIpc) is 2.64. The molecule has 3 rings (SSSR count). The van der Waals surface area contributed by atoms with E-state index in [1.54, 1.807) is 12.1 Å². The van der Waals surface area contributed by atoms with Crippen molar-refractivity contribution in [2.45, 2.75) is 20.0 Å². The highest BCUT2D eigenvalue weighted by Gasteiger charge is 2.10. The monoisotopic (exact) mass is 408 g/mol. The van der Waals surface area contributed by atoms with Crippen LogP contribution in [0.3, 0.4) is 0 Å². The van der Waals surface area contributed by atoms with Crippen LogP contribution in [0.15, 0.2) is 77.3 Å². The molecule has 3 aromatic carbocycles. The summed E-state index contributed by atoms with van der Waals surface area (Å²) in [4.78, 5) is 13.6. The number of benzene rings is 3. The van der Waals surface area contributed by atoms with Gasteiger partial charge in [0, 0.05) is 28.8 Å². The minimum atomic E-state index is -0.402. The van der Waals surface area contributed by atoms with Crippen LogP contribution < -0.4 is 10.6 Å². The molecule has 3 aromatic rings. The molecule has 0 spiro atoms. The Labute approximate surface area is 162 Å². The minimum absolute atomic E-state index is 0.402. The van der Waals surface area contributed by atoms with Crippen molar-refractivity contribution in [3.05, 3.63) is 99.5 Å². The van der Waals surface area contributed by atoms with Crippen LogP contribution in [0.2, 0.25) is 0 Å². The van der Waals surface area contributed by atoms with Crippen molar-refractivity contribution in [1.82, 2.24) is 0 Å². The standard InChI is InChI=1S/C22H21BrN2O/c1-16-2-4-17(5-3-16)14-25(21-12-10-20(23)11-13-21)15-18-6-8-19(9-7-18)22(24)26/h2-13H,14-15H2,1H3,(H2,24,26). The van der Waals surface area contributed by atoms with Crippen molar-refractivity contribution in [3.8, 4) is 0 Å². The molecule has 0 aliphatic carbocycles. The first-order valence-corrected chi connectivity index (χ1v) is 9.25. The van der Waals surface area contributed by atoms with Crippen LogP contribution in [0.25, 0.3) is 0 Å². The van der Waals surface area contributed by atoms with Gasteiger partial charge in [-0.25, -0.2) is 0 Å². The first kappa shape index (κ1) is 18.2. The summed E-state index contributed by atoms with van der Waals surface area (Å²) in [5.74, 6) is -0.402. The third-order valence-corrected chi connectivity index (χ3v) is 4.83. The average molecular weight is 409 g/mol. The third kappa shape index (κ3) is 4.73. The van der Waals surface area contributed by atoms with Gasteiger partial charge in [-0.3, -0.25) is 4.79 Å². The maximum absolute atomic E-state index is 11.3. The second-order valence-electron chi connectivity index (χ2n) is 6.38. The summed E-state index contributed by atoms with van der Waals surface area (Å²) in [5.41, 5.74) is 10.6. The zero-order valence-electron chi connectivity index (χ0n) is 14.7. The second-order valence-corrected chi connectivity index (χ2v) is 7.29. The zero-order valence-corrected chi connectivity index (χ0v) is 16.2. The van der Waals surface area contributed by atoms with Gasteiger partial charge in [-0.15, -0.1) is 0 Å². The number of carbonyl (C=O) groups excluding carboxylic acids is 1.